The van der Waals surface area contributed by atoms with Gasteiger partial charge in [-0.2, -0.15) is 0 Å². The van der Waals surface area contributed by atoms with E-state index < -0.39 is 5.91 Å². The number of ether oxygens (including phenoxy) is 1. The minimum atomic E-state index is -0.502. The second kappa shape index (κ2) is 8.09. The normalized spacial score (nSPS) is 14.9. The summed E-state index contributed by atoms with van der Waals surface area (Å²) >= 11 is 1.52. The molecule has 2 heterocycles. The first-order chi connectivity index (χ1) is 12.1. The van der Waals surface area contributed by atoms with Crippen LogP contribution in [0.5, 0.6) is 5.75 Å². The zero-order valence-corrected chi connectivity index (χ0v) is 14.5. The summed E-state index contributed by atoms with van der Waals surface area (Å²) in [5.41, 5.74) is 5.57. The molecule has 0 aliphatic carbocycles. The van der Waals surface area contributed by atoms with Crippen LogP contribution in [0, 0.1) is 0 Å². The molecule has 8 heteroatoms. The Morgan fingerprint density at radius 1 is 1.28 bits per heavy atom. The molecule has 0 spiro atoms. The number of benzene rings is 1. The lowest BCUT2D eigenvalue weighted by Gasteiger charge is -2.20. The number of anilines is 1. The molecule has 0 atom stereocenters. The van der Waals surface area contributed by atoms with Crippen LogP contribution in [0.4, 0.5) is 5.13 Å². The van der Waals surface area contributed by atoms with Crippen molar-refractivity contribution in [3.63, 3.8) is 0 Å². The molecule has 1 fully saturated rings. The lowest BCUT2D eigenvalue weighted by molar-refractivity contribution is -0.118. The van der Waals surface area contributed by atoms with Crippen LogP contribution in [0.1, 0.15) is 34.0 Å². The number of aromatic nitrogens is 1. The summed E-state index contributed by atoms with van der Waals surface area (Å²) in [6.07, 6.45) is 4.04. The Labute approximate surface area is 149 Å². The van der Waals surface area contributed by atoms with Gasteiger partial charge in [-0.25, -0.2) is 4.98 Å². The van der Waals surface area contributed by atoms with E-state index in [1.165, 1.54) is 16.2 Å². The fraction of sp³-hybridized carbons (Fsp3) is 0.353. The van der Waals surface area contributed by atoms with Crippen molar-refractivity contribution in [3.8, 4) is 5.75 Å². The van der Waals surface area contributed by atoms with E-state index in [-0.39, 0.29) is 12.5 Å². The number of carbonyl (C=O) groups excluding carboxylic acids is 2. The highest BCUT2D eigenvalue weighted by Crippen LogP contribution is 2.31. The second-order valence-corrected chi connectivity index (χ2v) is 6.88. The molecule has 132 valence electrons. The number of hydrogen-bond acceptors (Lipinski definition) is 6. The molecule has 1 aromatic carbocycles. The molecule has 0 unspecified atom stereocenters. The molecule has 2 aromatic rings. The number of nitrogens with zero attached hydrogens (tertiary/aromatic N) is 1. The smallest absolute Gasteiger partial charge is 0.264 e. The zero-order valence-electron chi connectivity index (χ0n) is 13.7. The van der Waals surface area contributed by atoms with E-state index in [2.05, 4.69) is 15.6 Å². The van der Waals surface area contributed by atoms with Gasteiger partial charge in [0.1, 0.15) is 5.75 Å². The highest BCUT2D eigenvalue weighted by atomic mass is 32.1. The number of nitrogens with two attached hydrogens (primary N) is 1. The molecule has 0 radical (unpaired) electrons. The average Bonchev–Trinajstić information content (AvgIpc) is 3.09. The molecule has 1 aromatic heterocycles. The van der Waals surface area contributed by atoms with E-state index in [0.717, 1.165) is 25.9 Å². The molecular formula is C17H20N4O3S. The van der Waals surface area contributed by atoms with Crippen LogP contribution in [-0.4, -0.2) is 36.5 Å². The number of hydrogen-bond donors (Lipinski definition) is 3. The van der Waals surface area contributed by atoms with E-state index >= 15 is 0 Å². The molecule has 4 N–H and O–H groups in total. The van der Waals surface area contributed by atoms with Crippen molar-refractivity contribution >= 4 is 28.3 Å². The Balaban J connectivity index is 1.49. The van der Waals surface area contributed by atoms with E-state index in [9.17, 15) is 9.59 Å². The maximum atomic E-state index is 12.0. The van der Waals surface area contributed by atoms with Crippen LogP contribution in [0.2, 0.25) is 0 Å². The molecule has 1 saturated heterocycles. The van der Waals surface area contributed by atoms with Crippen molar-refractivity contribution in [2.24, 2.45) is 5.73 Å². The standard InChI is InChI=1S/C17H20N4O3S/c18-16(23)12-1-3-13(4-2-12)24-10-15(22)21-17-20-9-14(25-17)11-5-7-19-8-6-11/h1-4,9,11,19H,5-8,10H2,(H2,18,23)(H,20,21,22). The van der Waals surface area contributed by atoms with Gasteiger partial charge in [-0.15, -0.1) is 11.3 Å². The molecular weight excluding hydrogens is 340 g/mol. The van der Waals surface area contributed by atoms with Gasteiger partial charge < -0.3 is 15.8 Å². The highest BCUT2D eigenvalue weighted by Gasteiger charge is 2.18. The van der Waals surface area contributed by atoms with Gasteiger partial charge in [0.2, 0.25) is 5.91 Å². The number of rotatable bonds is 6. The number of nitrogens with one attached hydrogen (secondary N) is 2. The predicted molar refractivity (Wildman–Crippen MR) is 96.0 cm³/mol. The van der Waals surface area contributed by atoms with Gasteiger partial charge in [-0.3, -0.25) is 14.9 Å². The van der Waals surface area contributed by atoms with Gasteiger partial charge in [-0.05, 0) is 56.1 Å². The Morgan fingerprint density at radius 2 is 2.00 bits per heavy atom. The Bertz CT molecular complexity index is 739. The topological polar surface area (TPSA) is 106 Å². The lowest BCUT2D eigenvalue weighted by Crippen LogP contribution is -2.26. The Hall–Kier alpha value is -2.45. The lowest BCUT2D eigenvalue weighted by atomic mass is 9.97. The predicted octanol–water partition coefficient (Wildman–Crippen LogP) is 1.73. The van der Waals surface area contributed by atoms with Gasteiger partial charge in [0.25, 0.3) is 5.91 Å². The quantitative estimate of drug-likeness (QED) is 0.727. The first kappa shape index (κ1) is 17.4. The molecule has 25 heavy (non-hydrogen) atoms. The van der Waals surface area contributed by atoms with Crippen LogP contribution in [-0.2, 0) is 4.79 Å². The first-order valence-electron chi connectivity index (χ1n) is 8.11. The van der Waals surface area contributed by atoms with Crippen LogP contribution >= 0.6 is 11.3 Å². The number of amides is 2. The fourth-order valence-corrected chi connectivity index (χ4v) is 3.66. The molecule has 3 rings (SSSR count). The van der Waals surface area contributed by atoms with Gasteiger partial charge in [0.05, 0.1) is 0 Å². The number of piperidine rings is 1. The van der Waals surface area contributed by atoms with Crippen LogP contribution in [0.3, 0.4) is 0 Å². The molecule has 0 saturated carbocycles. The van der Waals surface area contributed by atoms with Gasteiger partial charge >= 0.3 is 0 Å². The second-order valence-electron chi connectivity index (χ2n) is 5.82. The molecule has 0 bridgehead atoms. The summed E-state index contributed by atoms with van der Waals surface area (Å²) in [6, 6.07) is 6.32. The fourth-order valence-electron chi connectivity index (χ4n) is 2.66. The van der Waals surface area contributed by atoms with Gasteiger partial charge in [0.15, 0.2) is 11.7 Å². The van der Waals surface area contributed by atoms with E-state index in [1.54, 1.807) is 24.3 Å². The minimum absolute atomic E-state index is 0.127. The van der Waals surface area contributed by atoms with Crippen molar-refractivity contribution < 1.29 is 14.3 Å². The SMILES string of the molecule is NC(=O)c1ccc(OCC(=O)Nc2ncc(C3CCNCC3)s2)cc1. The van der Waals surface area contributed by atoms with E-state index in [0.29, 0.717) is 22.4 Å². The summed E-state index contributed by atoms with van der Waals surface area (Å²) in [5, 5.41) is 6.68. The summed E-state index contributed by atoms with van der Waals surface area (Å²) in [4.78, 5) is 28.5. The monoisotopic (exact) mass is 360 g/mol. The van der Waals surface area contributed by atoms with Gasteiger partial charge in [0, 0.05) is 16.6 Å². The molecule has 1 aliphatic heterocycles. The van der Waals surface area contributed by atoms with Crippen LogP contribution in [0.25, 0.3) is 0 Å². The van der Waals surface area contributed by atoms with E-state index in [4.69, 9.17) is 10.5 Å². The molecule has 1 aliphatic rings. The zero-order chi connectivity index (χ0) is 17.6. The van der Waals surface area contributed by atoms with Crippen molar-refractivity contribution in [1.82, 2.24) is 10.3 Å². The maximum Gasteiger partial charge on any atom is 0.264 e. The summed E-state index contributed by atoms with van der Waals surface area (Å²) < 4.78 is 5.40. The summed E-state index contributed by atoms with van der Waals surface area (Å²) in [7, 11) is 0. The van der Waals surface area contributed by atoms with Crippen molar-refractivity contribution in [1.29, 1.82) is 0 Å². The third-order valence-electron chi connectivity index (χ3n) is 4.02. The average molecular weight is 360 g/mol. The van der Waals surface area contributed by atoms with E-state index in [1.807, 2.05) is 6.20 Å². The summed E-state index contributed by atoms with van der Waals surface area (Å²) in [6.45, 7) is 1.91. The number of primary amides is 1. The van der Waals surface area contributed by atoms with Crippen molar-refractivity contribution in [3.05, 3.63) is 40.9 Å². The van der Waals surface area contributed by atoms with Crippen molar-refractivity contribution in [2.75, 3.05) is 25.0 Å². The highest BCUT2D eigenvalue weighted by molar-refractivity contribution is 7.15. The third-order valence-corrected chi connectivity index (χ3v) is 5.10. The number of carbonyl (C=O) groups is 2. The Kier molecular flexibility index (Phi) is 5.62. The van der Waals surface area contributed by atoms with Crippen LogP contribution in [0.15, 0.2) is 30.5 Å². The maximum absolute atomic E-state index is 12.0. The van der Waals surface area contributed by atoms with Gasteiger partial charge in [-0.1, -0.05) is 0 Å². The summed E-state index contributed by atoms with van der Waals surface area (Å²) in [5.74, 6) is 0.238. The Morgan fingerprint density at radius 3 is 2.68 bits per heavy atom. The first-order valence-corrected chi connectivity index (χ1v) is 8.92. The largest absolute Gasteiger partial charge is 0.484 e. The molecule has 7 nitrogen and oxygen atoms in total. The third kappa shape index (κ3) is 4.77. The number of thiazole rings is 1. The van der Waals surface area contributed by atoms with Crippen molar-refractivity contribution in [2.45, 2.75) is 18.8 Å². The molecule has 2 amide bonds. The van der Waals surface area contributed by atoms with Crippen LogP contribution < -0.4 is 21.1 Å². The minimum Gasteiger partial charge on any atom is -0.484 e.